The van der Waals surface area contributed by atoms with Crippen LogP contribution < -0.4 is 0 Å². The zero-order valence-corrected chi connectivity index (χ0v) is 18.7. The number of carbonyl (C=O) groups is 1. The fraction of sp³-hybridized carbons (Fsp3) is 0.400. The van der Waals surface area contributed by atoms with Gasteiger partial charge in [0.05, 0.1) is 5.57 Å². The number of halogens is 1. The molecule has 0 fully saturated rings. The highest BCUT2D eigenvalue weighted by Gasteiger charge is 2.33. The predicted octanol–water partition coefficient (Wildman–Crippen LogP) is 7.50. The molecule has 0 aliphatic rings. The zero-order chi connectivity index (χ0) is 21.3. The van der Waals surface area contributed by atoms with Gasteiger partial charge >= 0.3 is 0 Å². The molecular weight excluding hydrogens is 368 g/mol. The Balaban J connectivity index is 2.80. The van der Waals surface area contributed by atoms with Crippen molar-refractivity contribution in [3.63, 3.8) is 0 Å². The van der Waals surface area contributed by atoms with Gasteiger partial charge in [-0.05, 0) is 46.9 Å². The van der Waals surface area contributed by atoms with Crippen molar-refractivity contribution in [2.24, 2.45) is 10.8 Å². The summed E-state index contributed by atoms with van der Waals surface area (Å²) >= 11 is 6.03. The Hall–Kier alpha value is -2.06. The van der Waals surface area contributed by atoms with Crippen LogP contribution >= 0.6 is 11.6 Å². The summed E-state index contributed by atoms with van der Waals surface area (Å²) in [5.74, 6) is 0.0817. The summed E-state index contributed by atoms with van der Waals surface area (Å²) in [5.41, 5.74) is 3.15. The topological polar surface area (TPSA) is 37.3 Å². The standard InChI is InChI=1S/C25H31ClO2/c1-8-16-9-10-18(17-11-13-19(26)14-12-17)15-20(16)21(22(27)24(2,3)4)23(28)25(5,6)7/h9-15,27H,8H2,1-7H3/b22-21+. The fourth-order valence-electron chi connectivity index (χ4n) is 3.05. The molecule has 0 spiro atoms. The van der Waals surface area contributed by atoms with Gasteiger partial charge in [0.15, 0.2) is 5.78 Å². The summed E-state index contributed by atoms with van der Waals surface area (Å²) in [6.45, 7) is 13.5. The second-order valence-corrected chi connectivity index (χ2v) is 9.72. The third-order valence-corrected chi connectivity index (χ3v) is 5.05. The molecule has 0 aliphatic carbocycles. The molecule has 0 atom stereocenters. The van der Waals surface area contributed by atoms with E-state index < -0.39 is 10.8 Å². The first-order chi connectivity index (χ1) is 12.9. The first-order valence-electron chi connectivity index (χ1n) is 9.74. The Bertz CT molecular complexity index is 892. The van der Waals surface area contributed by atoms with Crippen LogP contribution in [-0.2, 0) is 11.2 Å². The molecule has 2 nitrogen and oxygen atoms in total. The Morgan fingerprint density at radius 3 is 1.89 bits per heavy atom. The normalized spacial score (nSPS) is 13.3. The molecule has 0 heterocycles. The molecule has 0 aliphatic heterocycles. The lowest BCUT2D eigenvalue weighted by Crippen LogP contribution is -2.25. The maximum absolute atomic E-state index is 13.4. The van der Waals surface area contributed by atoms with Gasteiger partial charge in [-0.3, -0.25) is 4.79 Å². The zero-order valence-electron chi connectivity index (χ0n) is 18.0. The third kappa shape index (κ3) is 4.86. The van der Waals surface area contributed by atoms with Gasteiger partial charge in [0.25, 0.3) is 0 Å². The van der Waals surface area contributed by atoms with Gasteiger partial charge in [-0.25, -0.2) is 0 Å². The number of benzene rings is 2. The van der Waals surface area contributed by atoms with E-state index in [0.29, 0.717) is 10.6 Å². The first kappa shape index (κ1) is 22.2. The molecule has 2 aromatic carbocycles. The summed E-state index contributed by atoms with van der Waals surface area (Å²) in [4.78, 5) is 13.4. The maximum Gasteiger partial charge on any atom is 0.172 e. The first-order valence-corrected chi connectivity index (χ1v) is 10.1. The van der Waals surface area contributed by atoms with E-state index >= 15 is 0 Å². The SMILES string of the molecule is CCc1ccc(-c2ccc(Cl)cc2)cc1/C(C(=O)C(C)(C)C)=C(\O)C(C)(C)C. The van der Waals surface area contributed by atoms with Crippen molar-refractivity contribution in [1.82, 2.24) is 0 Å². The van der Waals surface area contributed by atoms with Gasteiger partial charge in [-0.2, -0.15) is 0 Å². The van der Waals surface area contributed by atoms with E-state index in [0.717, 1.165) is 28.7 Å². The van der Waals surface area contributed by atoms with Crippen LogP contribution in [0.5, 0.6) is 0 Å². The summed E-state index contributed by atoms with van der Waals surface area (Å²) < 4.78 is 0. The quantitative estimate of drug-likeness (QED) is 0.427. The molecule has 0 unspecified atom stereocenters. The highest BCUT2D eigenvalue weighted by molar-refractivity contribution is 6.30. The van der Waals surface area contributed by atoms with E-state index in [-0.39, 0.29) is 11.5 Å². The molecular formula is C25H31ClO2. The summed E-state index contributed by atoms with van der Waals surface area (Å²) in [7, 11) is 0. The highest BCUT2D eigenvalue weighted by Crippen LogP contribution is 2.38. The van der Waals surface area contributed by atoms with E-state index in [1.165, 1.54) is 0 Å². The number of carbonyl (C=O) groups excluding carboxylic acids is 1. The van der Waals surface area contributed by atoms with Crippen LogP contribution in [-0.4, -0.2) is 10.9 Å². The van der Waals surface area contributed by atoms with E-state index in [1.807, 2.05) is 77.9 Å². The number of allylic oxidation sites excluding steroid dienone is 2. The molecule has 0 saturated heterocycles. The number of Topliss-reactive ketones (excluding diaryl/α,β-unsaturated/α-hetero) is 1. The third-order valence-electron chi connectivity index (χ3n) is 4.79. The van der Waals surface area contributed by atoms with E-state index in [2.05, 4.69) is 13.0 Å². The Morgan fingerprint density at radius 2 is 1.43 bits per heavy atom. The van der Waals surface area contributed by atoms with Gasteiger partial charge < -0.3 is 5.11 Å². The van der Waals surface area contributed by atoms with Crippen molar-refractivity contribution in [1.29, 1.82) is 0 Å². The molecule has 28 heavy (non-hydrogen) atoms. The minimum absolute atomic E-state index is 0.0529. The number of aliphatic hydroxyl groups is 1. The Morgan fingerprint density at radius 1 is 0.893 bits per heavy atom. The van der Waals surface area contributed by atoms with Gasteiger partial charge in [0.2, 0.25) is 0 Å². The fourth-order valence-corrected chi connectivity index (χ4v) is 3.17. The smallest absolute Gasteiger partial charge is 0.172 e. The molecule has 0 amide bonds. The monoisotopic (exact) mass is 398 g/mol. The molecule has 150 valence electrons. The molecule has 1 N–H and O–H groups in total. The second-order valence-electron chi connectivity index (χ2n) is 9.29. The summed E-state index contributed by atoms with van der Waals surface area (Å²) in [6.07, 6.45) is 0.772. The molecule has 0 aromatic heterocycles. The van der Waals surface area contributed by atoms with Crippen LogP contribution in [0, 0.1) is 10.8 Å². The molecule has 2 aromatic rings. The van der Waals surface area contributed by atoms with Crippen molar-refractivity contribution < 1.29 is 9.90 Å². The number of ketones is 1. The Kier molecular flexibility index (Phi) is 6.45. The van der Waals surface area contributed by atoms with Crippen molar-refractivity contribution >= 4 is 23.0 Å². The average Bonchev–Trinajstić information content (AvgIpc) is 2.60. The van der Waals surface area contributed by atoms with Crippen molar-refractivity contribution in [2.75, 3.05) is 0 Å². The van der Waals surface area contributed by atoms with Crippen LogP contribution in [0.25, 0.3) is 16.7 Å². The lowest BCUT2D eigenvalue weighted by atomic mass is 9.77. The van der Waals surface area contributed by atoms with Gasteiger partial charge in [0, 0.05) is 15.9 Å². The van der Waals surface area contributed by atoms with Crippen molar-refractivity contribution in [2.45, 2.75) is 54.9 Å². The molecule has 2 rings (SSSR count). The minimum Gasteiger partial charge on any atom is -0.511 e. The molecule has 0 saturated carbocycles. The number of aliphatic hydroxyl groups excluding tert-OH is 1. The van der Waals surface area contributed by atoms with Crippen LogP contribution in [0.4, 0.5) is 0 Å². The van der Waals surface area contributed by atoms with E-state index in [4.69, 9.17) is 11.6 Å². The largest absolute Gasteiger partial charge is 0.511 e. The van der Waals surface area contributed by atoms with Crippen LogP contribution in [0.15, 0.2) is 48.2 Å². The van der Waals surface area contributed by atoms with Gasteiger partial charge in [-0.1, -0.05) is 84.3 Å². The molecule has 0 radical (unpaired) electrons. The number of hydrogen-bond donors (Lipinski definition) is 1. The van der Waals surface area contributed by atoms with Gasteiger partial charge in [0.1, 0.15) is 5.76 Å². The molecule has 3 heteroatoms. The minimum atomic E-state index is -0.601. The van der Waals surface area contributed by atoms with Crippen LogP contribution in [0.2, 0.25) is 5.02 Å². The number of aryl methyl sites for hydroxylation is 1. The second kappa shape index (κ2) is 8.13. The van der Waals surface area contributed by atoms with Crippen LogP contribution in [0.1, 0.15) is 59.6 Å². The van der Waals surface area contributed by atoms with Gasteiger partial charge in [-0.15, -0.1) is 0 Å². The maximum atomic E-state index is 13.4. The summed E-state index contributed by atoms with van der Waals surface area (Å²) in [6, 6.07) is 13.8. The van der Waals surface area contributed by atoms with E-state index in [1.54, 1.807) is 0 Å². The predicted molar refractivity (Wildman–Crippen MR) is 120 cm³/mol. The summed E-state index contributed by atoms with van der Waals surface area (Å²) in [5, 5.41) is 11.8. The van der Waals surface area contributed by atoms with Crippen LogP contribution in [0.3, 0.4) is 0 Å². The lowest BCUT2D eigenvalue weighted by Gasteiger charge is -2.27. The highest BCUT2D eigenvalue weighted by atomic mass is 35.5. The average molecular weight is 399 g/mol. The van der Waals surface area contributed by atoms with Crippen molar-refractivity contribution in [3.8, 4) is 11.1 Å². The number of rotatable bonds is 4. The lowest BCUT2D eigenvalue weighted by molar-refractivity contribution is -0.120. The molecule has 0 bridgehead atoms. The van der Waals surface area contributed by atoms with Crippen molar-refractivity contribution in [3.05, 3.63) is 64.4 Å². The number of hydrogen-bond acceptors (Lipinski definition) is 2. The Labute approximate surface area is 174 Å². The van der Waals surface area contributed by atoms with E-state index in [9.17, 15) is 9.90 Å².